The third-order valence-corrected chi connectivity index (χ3v) is 4.36. The maximum atomic E-state index is 11.6. The average molecular weight is 320 g/mol. The molecular weight excluding hydrogens is 304 g/mol. The molecule has 1 aromatic carbocycles. The summed E-state index contributed by atoms with van der Waals surface area (Å²) in [5.74, 6) is 0. The molecule has 6 nitrogen and oxygen atoms in total. The molecule has 0 radical (unpaired) electrons. The van der Waals surface area contributed by atoms with Gasteiger partial charge in [-0.2, -0.15) is 5.10 Å². The van der Waals surface area contributed by atoms with Gasteiger partial charge >= 0.3 is 0 Å². The van der Waals surface area contributed by atoms with Crippen LogP contribution in [0.15, 0.2) is 52.7 Å². The molecule has 0 atom stereocenters. The predicted molar refractivity (Wildman–Crippen MR) is 91.3 cm³/mol. The Kier molecular flexibility index (Phi) is 3.30. The molecule has 1 aliphatic rings. The number of H-pyrrole nitrogens is 1. The summed E-state index contributed by atoms with van der Waals surface area (Å²) in [5.41, 5.74) is 6.32. The molecular formula is C18H16N4O2. The molecule has 2 aromatic heterocycles. The highest BCUT2D eigenvalue weighted by molar-refractivity contribution is 6.04. The van der Waals surface area contributed by atoms with Crippen LogP contribution in [-0.2, 0) is 13.5 Å². The summed E-state index contributed by atoms with van der Waals surface area (Å²) in [7, 11) is 1.87. The second-order valence-corrected chi connectivity index (χ2v) is 5.93. The van der Waals surface area contributed by atoms with Gasteiger partial charge in [0, 0.05) is 42.2 Å². The second kappa shape index (κ2) is 5.49. The summed E-state index contributed by atoms with van der Waals surface area (Å²) in [6, 6.07) is 9.50. The molecule has 120 valence electrons. The van der Waals surface area contributed by atoms with Crippen molar-refractivity contribution in [2.24, 2.45) is 12.2 Å². The summed E-state index contributed by atoms with van der Waals surface area (Å²) in [6.07, 6.45) is 5.20. The first-order valence-corrected chi connectivity index (χ1v) is 7.73. The van der Waals surface area contributed by atoms with Crippen molar-refractivity contribution in [3.05, 3.63) is 64.2 Å². The van der Waals surface area contributed by atoms with E-state index in [0.29, 0.717) is 0 Å². The third kappa shape index (κ3) is 2.32. The highest BCUT2D eigenvalue weighted by Gasteiger charge is 2.20. The van der Waals surface area contributed by atoms with Crippen molar-refractivity contribution in [2.45, 2.75) is 12.8 Å². The Labute approximate surface area is 138 Å². The molecule has 0 spiro atoms. The van der Waals surface area contributed by atoms with Crippen molar-refractivity contribution in [3.63, 3.8) is 0 Å². The maximum absolute atomic E-state index is 11.6. The Hall–Kier alpha value is -3.15. The first-order valence-electron chi connectivity index (χ1n) is 7.73. The number of fused-ring (bicyclic) bond motifs is 1. The molecule has 0 unspecified atom stereocenters. The standard InChI is InChI=1S/C18H16N4O2/c1-22-10-15(18(20-22)13-6-7-19-17(23)9-13)12-2-4-14-11(8-12)3-5-16(14)21-24/h2,4,6-10,24H,3,5H2,1H3,(H,19,23)/b21-16+. The van der Waals surface area contributed by atoms with Crippen molar-refractivity contribution in [3.8, 4) is 22.4 Å². The molecule has 3 aromatic rings. The van der Waals surface area contributed by atoms with Gasteiger partial charge in [0.15, 0.2) is 0 Å². The fraction of sp³-hybridized carbons (Fsp3) is 0.167. The zero-order valence-electron chi connectivity index (χ0n) is 13.2. The monoisotopic (exact) mass is 320 g/mol. The van der Waals surface area contributed by atoms with E-state index in [0.717, 1.165) is 46.5 Å². The second-order valence-electron chi connectivity index (χ2n) is 5.93. The molecule has 0 bridgehead atoms. The number of hydrogen-bond donors (Lipinski definition) is 2. The number of aromatic amines is 1. The minimum Gasteiger partial charge on any atom is -0.411 e. The Morgan fingerprint density at radius 2 is 2.04 bits per heavy atom. The summed E-state index contributed by atoms with van der Waals surface area (Å²) in [6.45, 7) is 0. The van der Waals surface area contributed by atoms with E-state index < -0.39 is 0 Å². The third-order valence-electron chi connectivity index (χ3n) is 4.36. The van der Waals surface area contributed by atoms with Crippen LogP contribution in [0, 0.1) is 0 Å². The van der Waals surface area contributed by atoms with Gasteiger partial charge in [-0.25, -0.2) is 0 Å². The van der Waals surface area contributed by atoms with Crippen molar-refractivity contribution in [2.75, 3.05) is 0 Å². The first kappa shape index (κ1) is 14.4. The van der Waals surface area contributed by atoms with Crippen LogP contribution in [0.2, 0.25) is 0 Å². The van der Waals surface area contributed by atoms with Gasteiger partial charge in [-0.3, -0.25) is 9.48 Å². The SMILES string of the molecule is Cn1cc(-c2ccc3c(c2)CC/C3=N\O)c(-c2cc[nH]c(=O)c2)n1. The summed E-state index contributed by atoms with van der Waals surface area (Å²) in [4.78, 5) is 14.2. The topological polar surface area (TPSA) is 83.3 Å². The van der Waals surface area contributed by atoms with E-state index in [1.165, 1.54) is 5.56 Å². The quantitative estimate of drug-likeness (QED) is 0.562. The van der Waals surface area contributed by atoms with Gasteiger partial charge in [0.05, 0.1) is 5.71 Å². The van der Waals surface area contributed by atoms with Crippen LogP contribution >= 0.6 is 0 Å². The van der Waals surface area contributed by atoms with E-state index in [1.807, 2.05) is 31.4 Å². The van der Waals surface area contributed by atoms with Gasteiger partial charge in [0.25, 0.3) is 0 Å². The zero-order chi connectivity index (χ0) is 16.7. The minimum absolute atomic E-state index is 0.151. The molecule has 2 N–H and O–H groups in total. The summed E-state index contributed by atoms with van der Waals surface area (Å²) in [5, 5.41) is 17.0. The Balaban J connectivity index is 1.85. The number of nitrogens with zero attached hydrogens (tertiary/aromatic N) is 3. The molecule has 0 saturated heterocycles. The normalized spacial score (nSPS) is 15.0. The van der Waals surface area contributed by atoms with E-state index >= 15 is 0 Å². The molecule has 6 heteroatoms. The van der Waals surface area contributed by atoms with Crippen molar-refractivity contribution in [1.29, 1.82) is 0 Å². The van der Waals surface area contributed by atoms with Crippen molar-refractivity contribution >= 4 is 5.71 Å². The lowest BCUT2D eigenvalue weighted by molar-refractivity contribution is 0.318. The molecule has 4 rings (SSSR count). The van der Waals surface area contributed by atoms with E-state index in [9.17, 15) is 4.79 Å². The lowest BCUT2D eigenvalue weighted by Crippen LogP contribution is -2.02. The maximum Gasteiger partial charge on any atom is 0.248 e. The smallest absolute Gasteiger partial charge is 0.248 e. The van der Waals surface area contributed by atoms with Crippen molar-refractivity contribution < 1.29 is 5.21 Å². The highest BCUT2D eigenvalue weighted by atomic mass is 16.4. The highest BCUT2D eigenvalue weighted by Crippen LogP contribution is 2.33. The number of aryl methyl sites for hydroxylation is 2. The van der Waals surface area contributed by atoms with Gasteiger partial charge in [-0.05, 0) is 30.0 Å². The predicted octanol–water partition coefficient (Wildman–Crippen LogP) is 2.57. The van der Waals surface area contributed by atoms with Gasteiger partial charge < -0.3 is 10.2 Å². The molecule has 0 saturated carbocycles. The minimum atomic E-state index is -0.151. The van der Waals surface area contributed by atoms with E-state index in [-0.39, 0.29) is 5.56 Å². The Morgan fingerprint density at radius 3 is 2.83 bits per heavy atom. The van der Waals surface area contributed by atoms with E-state index in [4.69, 9.17) is 5.21 Å². The summed E-state index contributed by atoms with van der Waals surface area (Å²) >= 11 is 0. The van der Waals surface area contributed by atoms with Crippen LogP contribution in [-0.4, -0.2) is 25.7 Å². The van der Waals surface area contributed by atoms with Crippen molar-refractivity contribution in [1.82, 2.24) is 14.8 Å². The lowest BCUT2D eigenvalue weighted by Gasteiger charge is -2.05. The number of benzene rings is 1. The Morgan fingerprint density at radius 1 is 1.17 bits per heavy atom. The molecule has 2 heterocycles. The molecule has 0 amide bonds. The van der Waals surface area contributed by atoms with E-state index in [2.05, 4.69) is 21.3 Å². The number of rotatable bonds is 2. The lowest BCUT2D eigenvalue weighted by atomic mass is 9.98. The molecule has 0 aliphatic heterocycles. The fourth-order valence-electron chi connectivity index (χ4n) is 3.25. The summed E-state index contributed by atoms with van der Waals surface area (Å²) < 4.78 is 1.75. The largest absolute Gasteiger partial charge is 0.411 e. The van der Waals surface area contributed by atoms with Crippen LogP contribution in [0.25, 0.3) is 22.4 Å². The first-order chi connectivity index (χ1) is 11.7. The number of nitrogens with one attached hydrogen (secondary N) is 1. The fourth-order valence-corrected chi connectivity index (χ4v) is 3.25. The van der Waals surface area contributed by atoms with Crippen LogP contribution in [0.1, 0.15) is 17.5 Å². The van der Waals surface area contributed by atoms with Gasteiger partial charge in [-0.1, -0.05) is 23.4 Å². The van der Waals surface area contributed by atoms with E-state index in [1.54, 1.807) is 16.9 Å². The van der Waals surface area contributed by atoms with Crippen LogP contribution < -0.4 is 5.56 Å². The van der Waals surface area contributed by atoms with Crippen LogP contribution in [0.3, 0.4) is 0 Å². The number of hydrogen-bond acceptors (Lipinski definition) is 4. The van der Waals surface area contributed by atoms with Gasteiger partial charge in [0.1, 0.15) is 5.69 Å². The van der Waals surface area contributed by atoms with Gasteiger partial charge in [-0.15, -0.1) is 0 Å². The number of pyridine rings is 1. The molecule has 0 fully saturated rings. The van der Waals surface area contributed by atoms with Crippen LogP contribution in [0.5, 0.6) is 0 Å². The zero-order valence-corrected chi connectivity index (χ0v) is 13.2. The van der Waals surface area contributed by atoms with Crippen LogP contribution in [0.4, 0.5) is 0 Å². The Bertz CT molecular complexity index is 1010. The van der Waals surface area contributed by atoms with Gasteiger partial charge in [0.2, 0.25) is 5.56 Å². The average Bonchev–Trinajstić information content (AvgIpc) is 3.17. The molecule has 24 heavy (non-hydrogen) atoms. The molecule has 1 aliphatic carbocycles. The number of aromatic nitrogens is 3. The number of oxime groups is 1.